The third-order valence-corrected chi connectivity index (χ3v) is 0. The van der Waals surface area contributed by atoms with Crippen LogP contribution in [0, 0.1) is 0 Å². The fourth-order valence-corrected chi connectivity index (χ4v) is 0. The van der Waals surface area contributed by atoms with Crippen molar-refractivity contribution in [3.8, 4) is 0 Å². The van der Waals surface area contributed by atoms with E-state index in [2.05, 4.69) is 0 Å². The van der Waals surface area contributed by atoms with Gasteiger partial charge in [0.05, 0.1) is 0 Å². The summed E-state index contributed by atoms with van der Waals surface area (Å²) in [6.45, 7) is 0. The quantitative estimate of drug-likeness (QED) is 0.411. The molecule has 0 fully saturated rings. The molecule has 0 aliphatic rings. The van der Waals surface area contributed by atoms with Crippen molar-refractivity contribution in [2.24, 2.45) is 0 Å². The van der Waals surface area contributed by atoms with Gasteiger partial charge in [-0.25, -0.2) is 0 Å². The van der Waals surface area contributed by atoms with E-state index >= 15 is 0 Å². The van der Waals surface area contributed by atoms with Crippen molar-refractivity contribution in [3.63, 3.8) is 0 Å². The van der Waals surface area contributed by atoms with Crippen LogP contribution in [0.4, 0.5) is 0 Å². The van der Waals surface area contributed by atoms with Crippen LogP contribution in [-0.2, 0) is 0 Å². The first kappa shape index (κ1) is 30.0. The molecule has 0 nitrogen and oxygen atoms in total. The van der Waals surface area contributed by atoms with E-state index < -0.39 is 0 Å². The predicted octanol–water partition coefficient (Wildman–Crippen LogP) is -1.90. The topological polar surface area (TPSA) is 0 Å². The fraction of sp³-hybridized carbons (Fsp3) is 0. The van der Waals surface area contributed by atoms with Gasteiger partial charge in [0.15, 0.2) is 0 Å². The molecule has 0 aromatic heterocycles. The Balaban J connectivity index is 0. The monoisotopic (exact) mass is 211 g/mol. The van der Waals surface area contributed by atoms with Crippen molar-refractivity contribution >= 4 is 200 Å². The molecule has 0 bridgehead atoms. The maximum atomic E-state index is 0. The van der Waals surface area contributed by atoms with Crippen molar-refractivity contribution < 1.29 is 0 Å². The van der Waals surface area contributed by atoms with Gasteiger partial charge in [-0.1, -0.05) is 0 Å². The smallest absolute Gasteiger partial charge is 0 e. The molecular formula is CaKMgNaRb. The van der Waals surface area contributed by atoms with E-state index in [1.54, 1.807) is 0 Å². The predicted molar refractivity (Wildman–Crippen MR) is 28.8 cm³/mol. The number of rotatable bonds is 0. The largest absolute Gasteiger partial charge is 0 e. The Bertz CT molecular complexity index is 11.6. The van der Waals surface area contributed by atoms with Crippen molar-refractivity contribution in [1.82, 2.24) is 0 Å². The Kier molecular flexibility index (Phi) is 135. The summed E-state index contributed by atoms with van der Waals surface area (Å²) in [5, 5.41) is 0. The summed E-state index contributed by atoms with van der Waals surface area (Å²) in [5.41, 5.74) is 0. The summed E-state index contributed by atoms with van der Waals surface area (Å²) in [6, 6.07) is 0. The molecule has 0 rings (SSSR count). The molecule has 0 heterocycles. The van der Waals surface area contributed by atoms with Gasteiger partial charge in [0, 0.05) is 200 Å². The van der Waals surface area contributed by atoms with Crippen LogP contribution >= 0.6 is 0 Å². The molecule has 0 atom stereocenters. The molecule has 0 aromatic carbocycles. The van der Waals surface area contributed by atoms with E-state index in [4.69, 9.17) is 0 Å². The first-order valence-electron chi connectivity index (χ1n) is 0. The summed E-state index contributed by atoms with van der Waals surface area (Å²) >= 11 is 0. The summed E-state index contributed by atoms with van der Waals surface area (Å²) in [5.74, 6) is 0. The molecule has 0 aromatic rings. The maximum Gasteiger partial charge on any atom is 0 e. The van der Waals surface area contributed by atoms with Gasteiger partial charge >= 0.3 is 0 Å². The average molecular weight is 212 g/mol. The van der Waals surface area contributed by atoms with E-state index in [1.807, 2.05) is 0 Å². The van der Waals surface area contributed by atoms with Crippen LogP contribution in [0.2, 0.25) is 0 Å². The van der Waals surface area contributed by atoms with Gasteiger partial charge in [-0.05, 0) is 0 Å². The normalized spacial score (nSPS) is 0. The zero-order valence-corrected chi connectivity index (χ0v) is 18.1. The van der Waals surface area contributed by atoms with Crippen LogP contribution in [-0.4, -0.2) is 200 Å². The summed E-state index contributed by atoms with van der Waals surface area (Å²) < 4.78 is 0. The molecule has 5 heavy (non-hydrogen) atoms. The minimum absolute atomic E-state index is 0. The number of hydrogen-bond donors (Lipinski definition) is 0. The van der Waals surface area contributed by atoms with Crippen LogP contribution in [0.1, 0.15) is 0 Å². The molecule has 0 saturated carbocycles. The van der Waals surface area contributed by atoms with Crippen molar-refractivity contribution in [3.05, 3.63) is 0 Å². The van der Waals surface area contributed by atoms with E-state index in [0.717, 1.165) is 0 Å². The summed E-state index contributed by atoms with van der Waals surface area (Å²) in [4.78, 5) is 0. The minimum Gasteiger partial charge on any atom is 0 e. The summed E-state index contributed by atoms with van der Waals surface area (Å²) in [6.07, 6.45) is 0. The second-order valence-corrected chi connectivity index (χ2v) is 0. The second-order valence-electron chi connectivity index (χ2n) is 0. The van der Waals surface area contributed by atoms with Crippen LogP contribution in [0.15, 0.2) is 0 Å². The molecule has 0 aliphatic heterocycles. The van der Waals surface area contributed by atoms with Crippen molar-refractivity contribution in [2.75, 3.05) is 0 Å². The van der Waals surface area contributed by atoms with E-state index in [9.17, 15) is 0 Å². The molecule has 0 saturated heterocycles. The van der Waals surface area contributed by atoms with E-state index in [-0.39, 0.29) is 200 Å². The fourth-order valence-electron chi connectivity index (χ4n) is 0. The Morgan fingerprint density at radius 3 is 1.00 bits per heavy atom. The van der Waals surface area contributed by atoms with Gasteiger partial charge in [0.1, 0.15) is 0 Å². The second kappa shape index (κ2) is 22.4. The Morgan fingerprint density at radius 2 is 1.00 bits per heavy atom. The third kappa shape index (κ3) is 17.9. The zero-order valence-electron chi connectivity index (χ0n) is 4.41. The van der Waals surface area contributed by atoms with E-state index in [0.29, 0.717) is 0 Å². The van der Waals surface area contributed by atoms with Gasteiger partial charge in [-0.15, -0.1) is 0 Å². The van der Waals surface area contributed by atoms with Crippen LogP contribution in [0.5, 0.6) is 0 Å². The van der Waals surface area contributed by atoms with Crippen molar-refractivity contribution in [2.45, 2.75) is 0 Å². The maximum absolute atomic E-state index is 0. The Labute approximate surface area is 192 Å². The van der Waals surface area contributed by atoms with Gasteiger partial charge in [0.2, 0.25) is 0 Å². The number of hydrogen-bond acceptors (Lipinski definition) is 0. The minimum atomic E-state index is 0. The third-order valence-electron chi connectivity index (χ3n) is 0. The van der Waals surface area contributed by atoms with Gasteiger partial charge < -0.3 is 0 Å². The first-order valence-corrected chi connectivity index (χ1v) is 0. The van der Waals surface area contributed by atoms with Crippen LogP contribution < -0.4 is 0 Å². The molecule has 0 N–H and O–H groups in total. The molecule has 0 amide bonds. The molecule has 7 valence electrons. The van der Waals surface area contributed by atoms with Crippen molar-refractivity contribution in [1.29, 1.82) is 0 Å². The van der Waals surface area contributed by atoms with Crippen LogP contribution in [0.25, 0.3) is 0 Å². The molecular weight excluding hydrogens is 212 g/mol. The van der Waals surface area contributed by atoms with Gasteiger partial charge in [-0.3, -0.25) is 0 Å². The molecule has 0 unspecified atom stereocenters. The van der Waals surface area contributed by atoms with Gasteiger partial charge in [-0.2, -0.15) is 0 Å². The van der Waals surface area contributed by atoms with Crippen LogP contribution in [0.3, 0.4) is 0 Å². The molecule has 7 radical (unpaired) electrons. The van der Waals surface area contributed by atoms with Gasteiger partial charge in [0.25, 0.3) is 0 Å². The summed E-state index contributed by atoms with van der Waals surface area (Å²) in [7, 11) is 0. The first-order chi connectivity index (χ1) is 0. The molecule has 5 heteroatoms. The van der Waals surface area contributed by atoms with E-state index in [1.165, 1.54) is 0 Å². The zero-order chi connectivity index (χ0) is 0. The molecule has 0 spiro atoms. The average Bonchev–Trinajstić information content (AvgIpc) is 0. The molecule has 0 aliphatic carbocycles. The standard InChI is InChI=1S/Ca.K.Mg.Na.Rb. The Hall–Kier alpha value is 6.47. The SMILES string of the molecule is [Ca].[K].[Mg].[Na].[Rb]. The Morgan fingerprint density at radius 1 is 1.00 bits per heavy atom.